The number of hydrogen-bond donors (Lipinski definition) is 1. The molecule has 4 rings (SSSR count). The second-order valence-corrected chi connectivity index (χ2v) is 10.4. The monoisotopic (exact) mass is 477 g/mol. The summed E-state index contributed by atoms with van der Waals surface area (Å²) in [5, 5.41) is 11.8. The second kappa shape index (κ2) is 9.36. The molecule has 33 heavy (non-hydrogen) atoms. The van der Waals surface area contributed by atoms with Crippen molar-refractivity contribution >= 4 is 32.2 Å². The van der Waals surface area contributed by atoms with Crippen molar-refractivity contribution in [1.29, 1.82) is 5.26 Å². The molecule has 10 heteroatoms. The number of carbonyl (C=O) groups excluding carboxylic acids is 1. The van der Waals surface area contributed by atoms with E-state index in [-0.39, 0.29) is 5.75 Å². The van der Waals surface area contributed by atoms with Crippen molar-refractivity contribution in [3.05, 3.63) is 78.1 Å². The first-order valence-corrected chi connectivity index (χ1v) is 12.5. The number of aromatic nitrogens is 3. The van der Waals surface area contributed by atoms with Crippen LogP contribution in [0.3, 0.4) is 0 Å². The lowest BCUT2D eigenvalue weighted by Crippen LogP contribution is -2.23. The Morgan fingerprint density at radius 2 is 1.88 bits per heavy atom. The zero-order valence-corrected chi connectivity index (χ0v) is 19.2. The molecular weight excluding hydrogens is 458 g/mol. The number of benzene rings is 2. The third kappa shape index (κ3) is 5.34. The van der Waals surface area contributed by atoms with Gasteiger partial charge in [0.2, 0.25) is 5.91 Å². The number of anilines is 1. The molecule has 0 aliphatic heterocycles. The molecule has 2 aromatic carbocycles. The average molecular weight is 478 g/mol. The number of aryl methyl sites for hydroxylation is 1. The van der Waals surface area contributed by atoms with Gasteiger partial charge in [-0.25, -0.2) is 18.4 Å². The Morgan fingerprint density at radius 3 is 2.52 bits per heavy atom. The first-order chi connectivity index (χ1) is 15.8. The SMILES string of the molecule is Cn1ccnc1-c1sc(NC(=O)CS(=O)(=O)Cc2ccc(C#N)cc2)nc1-c1ccccc1. The van der Waals surface area contributed by atoms with Gasteiger partial charge in [-0.3, -0.25) is 4.79 Å². The molecule has 1 N–H and O–H groups in total. The number of thiazole rings is 1. The Labute approximate surface area is 195 Å². The minimum Gasteiger partial charge on any atom is -0.333 e. The highest BCUT2D eigenvalue weighted by Gasteiger charge is 2.22. The number of imidazole rings is 1. The molecule has 0 atom stereocenters. The third-order valence-electron chi connectivity index (χ3n) is 4.77. The topological polar surface area (TPSA) is 118 Å². The Balaban J connectivity index is 1.53. The minimum atomic E-state index is -3.71. The first-order valence-electron chi connectivity index (χ1n) is 9.88. The lowest BCUT2D eigenvalue weighted by Gasteiger charge is -2.05. The van der Waals surface area contributed by atoms with Gasteiger partial charge >= 0.3 is 0 Å². The number of nitrogens with zero attached hydrogens (tertiary/aromatic N) is 4. The minimum absolute atomic E-state index is 0.294. The van der Waals surface area contributed by atoms with Crippen LogP contribution in [0.5, 0.6) is 0 Å². The Kier molecular flexibility index (Phi) is 6.35. The number of hydrogen-bond acceptors (Lipinski definition) is 7. The number of sulfone groups is 1. The van der Waals surface area contributed by atoms with E-state index in [1.807, 2.05) is 54.2 Å². The molecule has 0 unspecified atom stereocenters. The average Bonchev–Trinajstić information content (AvgIpc) is 3.39. The van der Waals surface area contributed by atoms with Gasteiger partial charge < -0.3 is 9.88 Å². The van der Waals surface area contributed by atoms with Gasteiger partial charge in [0.15, 0.2) is 20.8 Å². The molecule has 0 saturated heterocycles. The van der Waals surface area contributed by atoms with Crippen molar-refractivity contribution < 1.29 is 13.2 Å². The van der Waals surface area contributed by atoms with Crippen molar-refractivity contribution in [3.8, 4) is 28.0 Å². The molecule has 0 saturated carbocycles. The van der Waals surface area contributed by atoms with Crippen molar-refractivity contribution in [2.45, 2.75) is 5.75 Å². The molecule has 0 spiro atoms. The number of amides is 1. The van der Waals surface area contributed by atoms with Crippen LogP contribution < -0.4 is 5.32 Å². The summed E-state index contributed by atoms with van der Waals surface area (Å²) in [6, 6.07) is 17.7. The van der Waals surface area contributed by atoms with Gasteiger partial charge in [-0.2, -0.15) is 5.26 Å². The summed E-state index contributed by atoms with van der Waals surface area (Å²) in [5.41, 5.74) is 2.47. The Morgan fingerprint density at radius 1 is 1.15 bits per heavy atom. The van der Waals surface area contributed by atoms with Crippen LogP contribution in [0.15, 0.2) is 67.0 Å². The van der Waals surface area contributed by atoms with Crippen molar-refractivity contribution in [1.82, 2.24) is 14.5 Å². The predicted molar refractivity (Wildman–Crippen MR) is 127 cm³/mol. The standard InChI is InChI=1S/C23H19N5O3S2/c1-28-12-11-25-22(28)21-20(18-5-3-2-4-6-18)27-23(32-21)26-19(29)15-33(30,31)14-17-9-7-16(13-24)8-10-17/h2-12H,14-15H2,1H3,(H,26,27,29). The highest BCUT2D eigenvalue weighted by atomic mass is 32.2. The molecular formula is C23H19N5O3S2. The lowest BCUT2D eigenvalue weighted by molar-refractivity contribution is -0.113. The van der Waals surface area contributed by atoms with Crippen LogP contribution in [-0.2, 0) is 27.4 Å². The molecule has 8 nitrogen and oxygen atoms in total. The molecule has 0 aliphatic rings. The first kappa shape index (κ1) is 22.4. The summed E-state index contributed by atoms with van der Waals surface area (Å²) in [5.74, 6) is -0.938. The summed E-state index contributed by atoms with van der Waals surface area (Å²) < 4.78 is 26.9. The smallest absolute Gasteiger partial charge is 0.241 e. The normalized spacial score (nSPS) is 11.2. The fraction of sp³-hybridized carbons (Fsp3) is 0.130. The maximum atomic E-state index is 12.5. The highest BCUT2D eigenvalue weighted by molar-refractivity contribution is 7.91. The molecule has 0 fully saturated rings. The van der Waals surface area contributed by atoms with Gasteiger partial charge in [-0.05, 0) is 17.7 Å². The summed E-state index contributed by atoms with van der Waals surface area (Å²) in [6.45, 7) is 0. The van der Waals surface area contributed by atoms with Crippen molar-refractivity contribution in [2.75, 3.05) is 11.1 Å². The molecule has 4 aromatic rings. The quantitative estimate of drug-likeness (QED) is 0.434. The van der Waals surface area contributed by atoms with E-state index in [4.69, 9.17) is 5.26 Å². The molecule has 166 valence electrons. The summed E-state index contributed by atoms with van der Waals surface area (Å²) in [6.07, 6.45) is 3.50. The van der Waals surface area contributed by atoms with Crippen molar-refractivity contribution in [3.63, 3.8) is 0 Å². The molecule has 0 aliphatic carbocycles. The van der Waals surface area contributed by atoms with Crippen LogP contribution in [0.1, 0.15) is 11.1 Å². The molecule has 0 bridgehead atoms. The summed E-state index contributed by atoms with van der Waals surface area (Å²) in [7, 11) is -1.85. The largest absolute Gasteiger partial charge is 0.333 e. The van der Waals surface area contributed by atoms with Crippen LogP contribution in [0.2, 0.25) is 0 Å². The van der Waals surface area contributed by atoms with Gasteiger partial charge in [-0.15, -0.1) is 0 Å². The van der Waals surface area contributed by atoms with E-state index in [1.54, 1.807) is 30.5 Å². The fourth-order valence-electron chi connectivity index (χ4n) is 3.24. The van der Waals surface area contributed by atoms with Gasteiger partial charge in [0.05, 0.1) is 28.0 Å². The van der Waals surface area contributed by atoms with E-state index in [1.165, 1.54) is 11.3 Å². The Bertz CT molecular complexity index is 1430. The van der Waals surface area contributed by atoms with Gasteiger partial charge in [0.1, 0.15) is 5.75 Å². The van der Waals surface area contributed by atoms with Crippen LogP contribution in [0.25, 0.3) is 22.0 Å². The number of rotatable bonds is 7. The molecule has 2 heterocycles. The molecule has 0 radical (unpaired) electrons. The van der Waals surface area contributed by atoms with Crippen LogP contribution in [-0.4, -0.2) is 34.6 Å². The van der Waals surface area contributed by atoms with Crippen molar-refractivity contribution in [2.24, 2.45) is 7.05 Å². The van der Waals surface area contributed by atoms with E-state index in [0.717, 1.165) is 10.4 Å². The zero-order chi connectivity index (χ0) is 23.4. The van der Waals surface area contributed by atoms with E-state index in [2.05, 4.69) is 15.3 Å². The van der Waals surface area contributed by atoms with Gasteiger partial charge in [0, 0.05) is 25.0 Å². The second-order valence-electron chi connectivity index (χ2n) is 7.31. The highest BCUT2D eigenvalue weighted by Crippen LogP contribution is 2.38. The van der Waals surface area contributed by atoms with E-state index in [9.17, 15) is 13.2 Å². The van der Waals surface area contributed by atoms with Crippen LogP contribution in [0, 0.1) is 11.3 Å². The number of carbonyl (C=O) groups is 1. The fourth-order valence-corrected chi connectivity index (χ4v) is 5.55. The Hall–Kier alpha value is -3.81. The maximum absolute atomic E-state index is 12.5. The lowest BCUT2D eigenvalue weighted by atomic mass is 10.1. The van der Waals surface area contributed by atoms with E-state index in [0.29, 0.717) is 27.8 Å². The predicted octanol–water partition coefficient (Wildman–Crippen LogP) is 3.64. The van der Waals surface area contributed by atoms with E-state index >= 15 is 0 Å². The maximum Gasteiger partial charge on any atom is 0.241 e. The molecule has 1 amide bonds. The third-order valence-corrected chi connectivity index (χ3v) is 7.21. The van der Waals surface area contributed by atoms with Crippen LogP contribution >= 0.6 is 11.3 Å². The summed E-state index contributed by atoms with van der Waals surface area (Å²) in [4.78, 5) is 22.3. The van der Waals surface area contributed by atoms with E-state index < -0.39 is 21.5 Å². The molecule has 2 aromatic heterocycles. The zero-order valence-electron chi connectivity index (χ0n) is 17.6. The summed E-state index contributed by atoms with van der Waals surface area (Å²) >= 11 is 1.24. The van der Waals surface area contributed by atoms with Gasteiger partial charge in [0.25, 0.3) is 0 Å². The van der Waals surface area contributed by atoms with Crippen LogP contribution in [0.4, 0.5) is 5.13 Å². The number of nitrogens with one attached hydrogen (secondary N) is 1. The number of nitriles is 1. The van der Waals surface area contributed by atoms with Gasteiger partial charge in [-0.1, -0.05) is 53.8 Å².